The normalized spacial score (nSPS) is 12.6. The molecule has 0 aliphatic heterocycles. The number of carbonyl (C=O) groups is 1. The van der Waals surface area contributed by atoms with E-state index in [1.165, 1.54) is 0 Å². The topological polar surface area (TPSA) is 73.6 Å². The molecule has 72 valence electrons. The Morgan fingerprint density at radius 2 is 2.33 bits per heavy atom. The Labute approximate surface area is 72.1 Å². The maximum Gasteiger partial charge on any atom is 0.328 e. The first-order valence-electron chi connectivity index (χ1n) is 3.97. The third kappa shape index (κ3) is 6.09. The van der Waals surface area contributed by atoms with Crippen molar-refractivity contribution in [3.8, 4) is 0 Å². The lowest BCUT2D eigenvalue weighted by Gasteiger charge is -2.09. The van der Waals surface area contributed by atoms with E-state index in [0.29, 0.717) is 6.61 Å². The second-order valence-corrected chi connectivity index (χ2v) is 2.43. The molecule has 0 aromatic heterocycles. The molecular formula is C7H16N2O3. The fraction of sp³-hybridized carbons (Fsp3) is 0.857. The van der Waals surface area contributed by atoms with Crippen LogP contribution < -0.4 is 11.4 Å². The van der Waals surface area contributed by atoms with E-state index in [0.717, 1.165) is 6.42 Å². The average molecular weight is 176 g/mol. The number of nitrogens with one attached hydrogen (secondary N) is 1. The van der Waals surface area contributed by atoms with E-state index in [-0.39, 0.29) is 12.5 Å². The zero-order valence-corrected chi connectivity index (χ0v) is 7.50. The van der Waals surface area contributed by atoms with Gasteiger partial charge in [0.05, 0.1) is 19.1 Å². The molecule has 0 bridgehead atoms. The Morgan fingerprint density at radius 3 is 2.83 bits per heavy atom. The SMILES string of the molecule is CCC(C)OCCC(=O)ONN. The van der Waals surface area contributed by atoms with Crippen LogP contribution in [0.5, 0.6) is 0 Å². The summed E-state index contributed by atoms with van der Waals surface area (Å²) in [5.74, 6) is 4.34. The van der Waals surface area contributed by atoms with Gasteiger partial charge in [-0.25, -0.2) is 5.84 Å². The van der Waals surface area contributed by atoms with Gasteiger partial charge in [-0.3, -0.25) is 4.79 Å². The van der Waals surface area contributed by atoms with Crippen LogP contribution in [0.25, 0.3) is 0 Å². The third-order valence-corrected chi connectivity index (χ3v) is 1.46. The van der Waals surface area contributed by atoms with Gasteiger partial charge >= 0.3 is 5.97 Å². The molecule has 0 saturated heterocycles. The van der Waals surface area contributed by atoms with E-state index in [9.17, 15) is 4.79 Å². The van der Waals surface area contributed by atoms with Crippen molar-refractivity contribution >= 4 is 5.97 Å². The van der Waals surface area contributed by atoms with Gasteiger partial charge in [-0.05, 0) is 13.3 Å². The number of nitrogens with two attached hydrogens (primary N) is 1. The summed E-state index contributed by atoms with van der Waals surface area (Å²) in [5, 5.41) is 0. The molecule has 5 nitrogen and oxygen atoms in total. The highest BCUT2D eigenvalue weighted by Crippen LogP contribution is 1.96. The van der Waals surface area contributed by atoms with E-state index >= 15 is 0 Å². The van der Waals surface area contributed by atoms with Crippen LogP contribution in [0, 0.1) is 0 Å². The Morgan fingerprint density at radius 1 is 1.67 bits per heavy atom. The van der Waals surface area contributed by atoms with E-state index in [1.807, 2.05) is 19.4 Å². The number of hydrogen-bond donors (Lipinski definition) is 2. The quantitative estimate of drug-likeness (QED) is 0.444. The highest BCUT2D eigenvalue weighted by molar-refractivity contribution is 5.69. The van der Waals surface area contributed by atoms with E-state index < -0.39 is 5.97 Å². The first kappa shape index (κ1) is 11.4. The predicted molar refractivity (Wildman–Crippen MR) is 43.7 cm³/mol. The molecule has 0 aliphatic carbocycles. The smallest absolute Gasteiger partial charge is 0.328 e. The highest BCUT2D eigenvalue weighted by Gasteiger charge is 2.03. The number of hydrazine groups is 1. The van der Waals surface area contributed by atoms with Crippen molar-refractivity contribution in [2.24, 2.45) is 5.84 Å². The second kappa shape index (κ2) is 7.02. The van der Waals surface area contributed by atoms with Crippen LogP contribution in [0.3, 0.4) is 0 Å². The van der Waals surface area contributed by atoms with Crippen LogP contribution >= 0.6 is 0 Å². The predicted octanol–water partition coefficient (Wildman–Crippen LogP) is 0.113. The van der Waals surface area contributed by atoms with Crippen molar-refractivity contribution in [1.29, 1.82) is 0 Å². The summed E-state index contributed by atoms with van der Waals surface area (Å²) in [6.07, 6.45) is 1.34. The standard InChI is InChI=1S/C7H16N2O3/c1-3-6(2)11-5-4-7(10)12-9-8/h6,9H,3-5,8H2,1-2H3. The fourth-order valence-corrected chi connectivity index (χ4v) is 0.578. The van der Waals surface area contributed by atoms with E-state index in [2.05, 4.69) is 4.84 Å². The van der Waals surface area contributed by atoms with Crippen molar-refractivity contribution < 1.29 is 14.4 Å². The lowest BCUT2D eigenvalue weighted by molar-refractivity contribution is -0.152. The number of rotatable bonds is 6. The van der Waals surface area contributed by atoms with Crippen molar-refractivity contribution in [2.45, 2.75) is 32.8 Å². The van der Waals surface area contributed by atoms with Crippen LogP contribution in [0.1, 0.15) is 26.7 Å². The monoisotopic (exact) mass is 176 g/mol. The maximum absolute atomic E-state index is 10.7. The van der Waals surface area contributed by atoms with Crippen LogP contribution in [0.2, 0.25) is 0 Å². The van der Waals surface area contributed by atoms with Crippen molar-refractivity contribution in [3.05, 3.63) is 0 Å². The lowest BCUT2D eigenvalue weighted by atomic mass is 10.3. The number of ether oxygens (including phenoxy) is 1. The summed E-state index contributed by atoms with van der Waals surface area (Å²) in [7, 11) is 0. The Bertz CT molecular complexity index is 130. The average Bonchev–Trinajstić information content (AvgIpc) is 2.04. The summed E-state index contributed by atoms with van der Waals surface area (Å²) in [5.41, 5.74) is 1.81. The summed E-state index contributed by atoms with van der Waals surface area (Å²) in [4.78, 5) is 14.9. The molecule has 12 heavy (non-hydrogen) atoms. The molecule has 3 N–H and O–H groups in total. The second-order valence-electron chi connectivity index (χ2n) is 2.43. The van der Waals surface area contributed by atoms with Gasteiger partial charge in [0.15, 0.2) is 0 Å². The molecule has 1 unspecified atom stereocenters. The minimum absolute atomic E-state index is 0.184. The Kier molecular flexibility index (Phi) is 6.64. The molecule has 0 heterocycles. The summed E-state index contributed by atoms with van der Waals surface area (Å²) in [6, 6.07) is 0. The number of hydrogen-bond acceptors (Lipinski definition) is 5. The highest BCUT2D eigenvalue weighted by atomic mass is 16.7. The van der Waals surface area contributed by atoms with Crippen LogP contribution in [0.4, 0.5) is 0 Å². The summed E-state index contributed by atoms with van der Waals surface area (Å²) < 4.78 is 5.24. The molecule has 0 saturated carbocycles. The molecule has 0 rings (SSSR count). The zero-order valence-electron chi connectivity index (χ0n) is 7.50. The Balaban J connectivity index is 3.24. The van der Waals surface area contributed by atoms with Gasteiger partial charge < -0.3 is 9.57 Å². The summed E-state index contributed by atoms with van der Waals surface area (Å²) >= 11 is 0. The molecule has 0 aliphatic rings. The third-order valence-electron chi connectivity index (χ3n) is 1.46. The molecule has 0 aromatic rings. The molecule has 0 aromatic carbocycles. The van der Waals surface area contributed by atoms with Gasteiger partial charge in [0.25, 0.3) is 0 Å². The summed E-state index contributed by atoms with van der Waals surface area (Å²) in [6.45, 7) is 4.34. The van der Waals surface area contributed by atoms with E-state index in [4.69, 9.17) is 10.6 Å². The lowest BCUT2D eigenvalue weighted by Crippen LogP contribution is -2.27. The van der Waals surface area contributed by atoms with Crippen LogP contribution in [-0.2, 0) is 14.4 Å². The molecule has 0 fully saturated rings. The first-order valence-corrected chi connectivity index (χ1v) is 3.97. The van der Waals surface area contributed by atoms with Gasteiger partial charge in [-0.2, -0.15) is 0 Å². The molecule has 1 atom stereocenters. The van der Waals surface area contributed by atoms with Crippen molar-refractivity contribution in [2.75, 3.05) is 6.61 Å². The van der Waals surface area contributed by atoms with Crippen molar-refractivity contribution in [3.63, 3.8) is 0 Å². The van der Waals surface area contributed by atoms with Crippen LogP contribution in [-0.4, -0.2) is 18.7 Å². The van der Waals surface area contributed by atoms with Crippen molar-refractivity contribution in [1.82, 2.24) is 5.59 Å². The van der Waals surface area contributed by atoms with E-state index in [1.54, 1.807) is 0 Å². The van der Waals surface area contributed by atoms with Gasteiger partial charge in [-0.15, -0.1) is 0 Å². The fourth-order valence-electron chi connectivity index (χ4n) is 0.578. The minimum atomic E-state index is -0.416. The van der Waals surface area contributed by atoms with Gasteiger partial charge in [0, 0.05) is 0 Å². The molecule has 0 radical (unpaired) electrons. The van der Waals surface area contributed by atoms with Gasteiger partial charge in [0.1, 0.15) is 0 Å². The zero-order chi connectivity index (χ0) is 9.40. The first-order chi connectivity index (χ1) is 5.70. The largest absolute Gasteiger partial charge is 0.378 e. The number of carbonyl (C=O) groups excluding carboxylic acids is 1. The van der Waals surface area contributed by atoms with Gasteiger partial charge in [-0.1, -0.05) is 12.5 Å². The molecule has 5 heteroatoms. The molecule has 0 amide bonds. The van der Waals surface area contributed by atoms with Gasteiger partial charge in [0.2, 0.25) is 0 Å². The van der Waals surface area contributed by atoms with Crippen LogP contribution in [0.15, 0.2) is 0 Å². The maximum atomic E-state index is 10.7. The molecular weight excluding hydrogens is 160 g/mol. The minimum Gasteiger partial charge on any atom is -0.378 e. The molecule has 0 spiro atoms. The Hall–Kier alpha value is -0.650.